The fourth-order valence-corrected chi connectivity index (χ4v) is 2.76. The van der Waals surface area contributed by atoms with E-state index in [1.807, 2.05) is 24.3 Å². The lowest BCUT2D eigenvalue weighted by atomic mass is 9.79. The van der Waals surface area contributed by atoms with Crippen molar-refractivity contribution < 1.29 is 9.53 Å². The number of methoxy groups -OCH3 is 1. The van der Waals surface area contributed by atoms with Gasteiger partial charge in [0.25, 0.3) is 0 Å². The van der Waals surface area contributed by atoms with Crippen LogP contribution >= 0.6 is 11.6 Å². The van der Waals surface area contributed by atoms with Crippen molar-refractivity contribution in [3.63, 3.8) is 0 Å². The van der Waals surface area contributed by atoms with Gasteiger partial charge in [0.15, 0.2) is 0 Å². The first-order chi connectivity index (χ1) is 7.69. The lowest BCUT2D eigenvalue weighted by molar-refractivity contribution is -0.147. The zero-order chi connectivity index (χ0) is 11.6. The van der Waals surface area contributed by atoms with Gasteiger partial charge in [0.2, 0.25) is 0 Å². The molecule has 0 unspecified atom stereocenters. The molecule has 0 N–H and O–H groups in total. The van der Waals surface area contributed by atoms with E-state index in [9.17, 15) is 4.79 Å². The van der Waals surface area contributed by atoms with Crippen LogP contribution < -0.4 is 0 Å². The van der Waals surface area contributed by atoms with Gasteiger partial charge in [-0.05, 0) is 30.5 Å². The highest BCUT2D eigenvalue weighted by Crippen LogP contribution is 2.42. The molecule has 0 amide bonds. The van der Waals surface area contributed by atoms with Crippen LogP contribution in [0.15, 0.2) is 24.3 Å². The Morgan fingerprint density at radius 3 is 2.62 bits per heavy atom. The van der Waals surface area contributed by atoms with Crippen molar-refractivity contribution >= 4 is 17.6 Å². The molecule has 1 aromatic rings. The van der Waals surface area contributed by atoms with Gasteiger partial charge in [-0.1, -0.05) is 36.6 Å². The Balaban J connectivity index is 2.43. The van der Waals surface area contributed by atoms with Crippen molar-refractivity contribution in [1.82, 2.24) is 0 Å². The second-order valence-corrected chi connectivity index (χ2v) is 4.73. The number of hydrogen-bond donors (Lipinski definition) is 0. The summed E-state index contributed by atoms with van der Waals surface area (Å²) in [4.78, 5) is 12.0. The average molecular weight is 239 g/mol. The number of rotatable bonds is 2. The summed E-state index contributed by atoms with van der Waals surface area (Å²) in [7, 11) is 1.45. The van der Waals surface area contributed by atoms with Crippen LogP contribution in [0.1, 0.15) is 31.2 Å². The van der Waals surface area contributed by atoms with Gasteiger partial charge in [0.1, 0.15) is 0 Å². The third-order valence-corrected chi connectivity index (χ3v) is 3.65. The number of benzene rings is 1. The molecule has 1 fully saturated rings. The maximum atomic E-state index is 12.0. The normalized spacial score (nSPS) is 18.4. The number of halogens is 1. The molecule has 0 atom stereocenters. The van der Waals surface area contributed by atoms with Crippen LogP contribution in [-0.4, -0.2) is 13.1 Å². The van der Waals surface area contributed by atoms with Gasteiger partial charge in [-0.3, -0.25) is 4.79 Å². The van der Waals surface area contributed by atoms with Crippen LogP contribution in [0.3, 0.4) is 0 Å². The number of ether oxygens (including phenoxy) is 1. The van der Waals surface area contributed by atoms with E-state index in [-0.39, 0.29) is 5.97 Å². The molecule has 0 spiro atoms. The predicted molar refractivity (Wildman–Crippen MR) is 63.6 cm³/mol. The summed E-state index contributed by atoms with van der Waals surface area (Å²) in [5.41, 5.74) is 0.531. The molecule has 0 bridgehead atoms. The zero-order valence-electron chi connectivity index (χ0n) is 9.33. The molecule has 0 saturated heterocycles. The van der Waals surface area contributed by atoms with E-state index in [2.05, 4.69) is 0 Å². The van der Waals surface area contributed by atoms with E-state index in [1.165, 1.54) is 7.11 Å². The maximum absolute atomic E-state index is 12.0. The van der Waals surface area contributed by atoms with Crippen LogP contribution in [-0.2, 0) is 14.9 Å². The molecule has 1 aliphatic rings. The van der Waals surface area contributed by atoms with Crippen molar-refractivity contribution in [3.05, 3.63) is 34.9 Å². The molecule has 1 aromatic carbocycles. The number of carbonyl (C=O) groups is 1. The maximum Gasteiger partial charge on any atom is 0.316 e. The van der Waals surface area contributed by atoms with Crippen molar-refractivity contribution in [3.8, 4) is 0 Å². The Kier molecular flexibility index (Phi) is 3.20. The fraction of sp³-hybridized carbons (Fsp3) is 0.462. The highest BCUT2D eigenvalue weighted by atomic mass is 35.5. The van der Waals surface area contributed by atoms with Gasteiger partial charge in [-0.2, -0.15) is 0 Å². The third-order valence-electron chi connectivity index (χ3n) is 3.41. The standard InChI is InChI=1S/C13H15ClO2/c1-16-12(15)13(7-2-3-8-13)10-5-4-6-11(14)9-10/h4-6,9H,2-3,7-8H2,1H3. The molecule has 2 nitrogen and oxygen atoms in total. The highest BCUT2D eigenvalue weighted by molar-refractivity contribution is 6.30. The summed E-state index contributed by atoms with van der Waals surface area (Å²) >= 11 is 5.98. The van der Waals surface area contributed by atoms with E-state index in [0.29, 0.717) is 5.02 Å². The molecule has 0 aliphatic heterocycles. The molecular formula is C13H15ClO2. The van der Waals surface area contributed by atoms with Gasteiger partial charge in [-0.15, -0.1) is 0 Å². The first-order valence-electron chi connectivity index (χ1n) is 5.53. The van der Waals surface area contributed by atoms with Gasteiger partial charge in [0, 0.05) is 5.02 Å². The van der Waals surface area contributed by atoms with Crippen LogP contribution in [0.25, 0.3) is 0 Å². The molecule has 0 radical (unpaired) electrons. The molecule has 0 heterocycles. The molecule has 16 heavy (non-hydrogen) atoms. The highest BCUT2D eigenvalue weighted by Gasteiger charge is 2.43. The van der Waals surface area contributed by atoms with Gasteiger partial charge < -0.3 is 4.74 Å². The van der Waals surface area contributed by atoms with Crippen molar-refractivity contribution in [1.29, 1.82) is 0 Å². The molecule has 1 aliphatic carbocycles. The Labute approximate surface area is 101 Å². The smallest absolute Gasteiger partial charge is 0.316 e. The van der Waals surface area contributed by atoms with Crippen LogP contribution in [0.5, 0.6) is 0 Å². The monoisotopic (exact) mass is 238 g/mol. The number of esters is 1. The van der Waals surface area contributed by atoms with Crippen molar-refractivity contribution in [2.45, 2.75) is 31.1 Å². The van der Waals surface area contributed by atoms with E-state index in [0.717, 1.165) is 31.2 Å². The summed E-state index contributed by atoms with van der Waals surface area (Å²) < 4.78 is 4.95. The van der Waals surface area contributed by atoms with E-state index in [1.54, 1.807) is 0 Å². The van der Waals surface area contributed by atoms with Gasteiger partial charge >= 0.3 is 5.97 Å². The van der Waals surface area contributed by atoms with Crippen molar-refractivity contribution in [2.75, 3.05) is 7.11 Å². The second-order valence-electron chi connectivity index (χ2n) is 4.29. The minimum Gasteiger partial charge on any atom is -0.468 e. The predicted octanol–water partition coefficient (Wildman–Crippen LogP) is 3.32. The van der Waals surface area contributed by atoms with E-state index >= 15 is 0 Å². The van der Waals surface area contributed by atoms with Crippen LogP contribution in [0.4, 0.5) is 0 Å². The number of carbonyl (C=O) groups excluding carboxylic acids is 1. The van der Waals surface area contributed by atoms with Gasteiger partial charge in [-0.25, -0.2) is 0 Å². The van der Waals surface area contributed by atoms with E-state index in [4.69, 9.17) is 16.3 Å². The number of hydrogen-bond acceptors (Lipinski definition) is 2. The van der Waals surface area contributed by atoms with E-state index < -0.39 is 5.41 Å². The zero-order valence-corrected chi connectivity index (χ0v) is 10.1. The first-order valence-corrected chi connectivity index (χ1v) is 5.91. The van der Waals surface area contributed by atoms with Crippen LogP contribution in [0.2, 0.25) is 5.02 Å². The average Bonchev–Trinajstić information content (AvgIpc) is 2.78. The fourth-order valence-electron chi connectivity index (χ4n) is 2.57. The molecule has 1 saturated carbocycles. The Morgan fingerprint density at radius 2 is 2.06 bits per heavy atom. The topological polar surface area (TPSA) is 26.3 Å². The molecule has 86 valence electrons. The summed E-state index contributed by atoms with van der Waals surface area (Å²) in [6.07, 6.45) is 3.86. The van der Waals surface area contributed by atoms with Crippen LogP contribution in [0, 0.1) is 0 Å². The Morgan fingerprint density at radius 1 is 1.38 bits per heavy atom. The molecular weight excluding hydrogens is 224 g/mol. The summed E-state index contributed by atoms with van der Waals surface area (Å²) in [5.74, 6) is -0.132. The minimum absolute atomic E-state index is 0.132. The first kappa shape index (κ1) is 11.5. The molecule has 3 heteroatoms. The minimum atomic E-state index is -0.459. The quantitative estimate of drug-likeness (QED) is 0.739. The lowest BCUT2D eigenvalue weighted by Crippen LogP contribution is -2.33. The lowest BCUT2D eigenvalue weighted by Gasteiger charge is -2.26. The third kappa shape index (κ3) is 1.82. The van der Waals surface area contributed by atoms with Crippen molar-refractivity contribution in [2.24, 2.45) is 0 Å². The molecule has 0 aromatic heterocycles. The summed E-state index contributed by atoms with van der Waals surface area (Å²) in [5, 5.41) is 0.674. The molecule has 2 rings (SSSR count). The summed E-state index contributed by atoms with van der Waals surface area (Å²) in [6, 6.07) is 7.56. The largest absolute Gasteiger partial charge is 0.468 e. The second kappa shape index (κ2) is 4.46. The van der Waals surface area contributed by atoms with Gasteiger partial charge in [0.05, 0.1) is 12.5 Å². The Bertz CT molecular complexity index is 395. The summed E-state index contributed by atoms with van der Waals surface area (Å²) in [6.45, 7) is 0. The SMILES string of the molecule is COC(=O)C1(c2cccc(Cl)c2)CCCC1. The Hall–Kier alpha value is -1.02.